The summed E-state index contributed by atoms with van der Waals surface area (Å²) in [5.41, 5.74) is 1.57. The van der Waals surface area contributed by atoms with Crippen LogP contribution in [0, 0.1) is 0 Å². The standard InChI is InChI=1S/C10H18N2.C2H6/c1-9-3-6-12(7-4-9)10-2-5-11-8-10;1-2/h3,10-11H,2,4-8H2,1H3;1-2H3. The molecule has 0 aromatic heterocycles. The summed E-state index contributed by atoms with van der Waals surface area (Å²) in [6.45, 7) is 11.1. The third kappa shape index (κ3) is 3.10. The highest BCUT2D eigenvalue weighted by atomic mass is 15.2. The minimum absolute atomic E-state index is 0.814. The van der Waals surface area contributed by atoms with Gasteiger partial charge in [-0.1, -0.05) is 25.5 Å². The highest BCUT2D eigenvalue weighted by Gasteiger charge is 2.22. The molecule has 2 rings (SSSR count). The van der Waals surface area contributed by atoms with Crippen LogP contribution in [-0.4, -0.2) is 37.1 Å². The van der Waals surface area contributed by atoms with Crippen molar-refractivity contribution in [1.29, 1.82) is 0 Å². The van der Waals surface area contributed by atoms with Crippen molar-refractivity contribution in [1.82, 2.24) is 10.2 Å². The zero-order valence-corrected chi connectivity index (χ0v) is 9.84. The van der Waals surface area contributed by atoms with Crippen LogP contribution < -0.4 is 5.32 Å². The summed E-state index contributed by atoms with van der Waals surface area (Å²) < 4.78 is 0. The van der Waals surface area contributed by atoms with Gasteiger partial charge < -0.3 is 5.32 Å². The van der Waals surface area contributed by atoms with Crippen LogP contribution in [0.4, 0.5) is 0 Å². The van der Waals surface area contributed by atoms with Crippen LogP contribution in [0.2, 0.25) is 0 Å². The first-order valence-electron chi connectivity index (χ1n) is 5.96. The highest BCUT2D eigenvalue weighted by molar-refractivity contribution is 5.05. The van der Waals surface area contributed by atoms with Crippen molar-refractivity contribution in [2.45, 2.75) is 39.7 Å². The lowest BCUT2D eigenvalue weighted by molar-refractivity contribution is 0.224. The summed E-state index contributed by atoms with van der Waals surface area (Å²) in [4.78, 5) is 2.60. The molecule has 0 bridgehead atoms. The molecule has 2 aliphatic rings. The second-order valence-electron chi connectivity index (χ2n) is 3.94. The lowest BCUT2D eigenvalue weighted by atomic mass is 10.1. The molecule has 2 heterocycles. The van der Waals surface area contributed by atoms with Gasteiger partial charge in [0, 0.05) is 25.7 Å². The number of hydrogen-bond acceptors (Lipinski definition) is 2. The molecule has 0 spiro atoms. The Balaban J connectivity index is 0.000000461. The average molecular weight is 196 g/mol. The smallest absolute Gasteiger partial charge is 0.0236 e. The Morgan fingerprint density at radius 1 is 1.43 bits per heavy atom. The van der Waals surface area contributed by atoms with Gasteiger partial charge in [-0.3, -0.25) is 4.90 Å². The molecule has 1 saturated heterocycles. The van der Waals surface area contributed by atoms with Crippen molar-refractivity contribution in [3.05, 3.63) is 11.6 Å². The zero-order valence-electron chi connectivity index (χ0n) is 9.84. The Kier molecular flexibility index (Phi) is 5.20. The minimum Gasteiger partial charge on any atom is -0.315 e. The van der Waals surface area contributed by atoms with Crippen LogP contribution in [0.5, 0.6) is 0 Å². The molecule has 1 fully saturated rings. The van der Waals surface area contributed by atoms with Crippen molar-refractivity contribution < 1.29 is 0 Å². The molecule has 0 radical (unpaired) electrons. The van der Waals surface area contributed by atoms with Gasteiger partial charge in [0.15, 0.2) is 0 Å². The molecule has 1 unspecified atom stereocenters. The normalized spacial score (nSPS) is 27.9. The van der Waals surface area contributed by atoms with E-state index in [0.717, 1.165) is 6.04 Å². The van der Waals surface area contributed by atoms with Gasteiger partial charge in [0.1, 0.15) is 0 Å². The van der Waals surface area contributed by atoms with Gasteiger partial charge in [-0.05, 0) is 26.3 Å². The van der Waals surface area contributed by atoms with Gasteiger partial charge in [-0.25, -0.2) is 0 Å². The Morgan fingerprint density at radius 3 is 2.71 bits per heavy atom. The summed E-state index contributed by atoms with van der Waals surface area (Å²) in [5.74, 6) is 0. The van der Waals surface area contributed by atoms with E-state index in [0.29, 0.717) is 0 Å². The Hall–Kier alpha value is -0.340. The molecular weight excluding hydrogens is 172 g/mol. The van der Waals surface area contributed by atoms with Crippen molar-refractivity contribution in [2.75, 3.05) is 26.2 Å². The third-order valence-electron chi connectivity index (χ3n) is 3.02. The Bertz CT molecular complexity index is 181. The quantitative estimate of drug-likeness (QED) is 0.646. The van der Waals surface area contributed by atoms with Crippen LogP contribution in [0.3, 0.4) is 0 Å². The first kappa shape index (κ1) is 11.7. The van der Waals surface area contributed by atoms with E-state index < -0.39 is 0 Å². The molecule has 82 valence electrons. The summed E-state index contributed by atoms with van der Waals surface area (Å²) in [6, 6.07) is 0.814. The van der Waals surface area contributed by atoms with Crippen molar-refractivity contribution >= 4 is 0 Å². The minimum atomic E-state index is 0.814. The lowest BCUT2D eigenvalue weighted by Crippen LogP contribution is -2.39. The van der Waals surface area contributed by atoms with Crippen molar-refractivity contribution in [3.63, 3.8) is 0 Å². The number of nitrogens with one attached hydrogen (secondary N) is 1. The molecule has 0 aliphatic carbocycles. The van der Waals surface area contributed by atoms with E-state index in [-0.39, 0.29) is 0 Å². The predicted molar refractivity (Wildman–Crippen MR) is 62.6 cm³/mol. The second kappa shape index (κ2) is 6.20. The molecule has 1 atom stereocenters. The molecule has 0 amide bonds. The van der Waals surface area contributed by atoms with Gasteiger partial charge in [0.25, 0.3) is 0 Å². The molecule has 2 heteroatoms. The molecular formula is C12H24N2. The molecule has 1 N–H and O–H groups in total. The fraction of sp³-hybridized carbons (Fsp3) is 0.833. The Labute approximate surface area is 88.4 Å². The summed E-state index contributed by atoms with van der Waals surface area (Å²) in [6.07, 6.45) is 4.99. The van der Waals surface area contributed by atoms with Crippen LogP contribution >= 0.6 is 0 Å². The maximum atomic E-state index is 3.42. The predicted octanol–water partition coefficient (Wildman–Crippen LogP) is 2.03. The second-order valence-corrected chi connectivity index (χ2v) is 3.94. The number of rotatable bonds is 1. The van der Waals surface area contributed by atoms with E-state index in [9.17, 15) is 0 Å². The van der Waals surface area contributed by atoms with Gasteiger partial charge in [-0.15, -0.1) is 0 Å². The summed E-state index contributed by atoms with van der Waals surface area (Å²) in [5, 5.41) is 3.42. The molecule has 0 aromatic carbocycles. The van der Waals surface area contributed by atoms with Crippen molar-refractivity contribution in [2.24, 2.45) is 0 Å². The van der Waals surface area contributed by atoms with E-state index in [2.05, 4.69) is 23.2 Å². The van der Waals surface area contributed by atoms with Gasteiger partial charge >= 0.3 is 0 Å². The largest absolute Gasteiger partial charge is 0.315 e. The van der Waals surface area contributed by atoms with Crippen LogP contribution in [0.15, 0.2) is 11.6 Å². The third-order valence-corrected chi connectivity index (χ3v) is 3.02. The SMILES string of the molecule is CC.CC1=CCN(C2CCNC2)CC1. The maximum Gasteiger partial charge on any atom is 0.0236 e. The molecule has 0 aromatic rings. The van der Waals surface area contributed by atoms with E-state index in [1.54, 1.807) is 5.57 Å². The molecule has 2 nitrogen and oxygen atoms in total. The first-order chi connectivity index (χ1) is 6.86. The molecule has 0 saturated carbocycles. The van der Waals surface area contributed by atoms with E-state index in [1.165, 1.54) is 39.0 Å². The average Bonchev–Trinajstić information content (AvgIpc) is 2.75. The van der Waals surface area contributed by atoms with E-state index >= 15 is 0 Å². The zero-order chi connectivity index (χ0) is 10.4. The fourth-order valence-electron chi connectivity index (χ4n) is 2.07. The van der Waals surface area contributed by atoms with Crippen LogP contribution in [0.1, 0.15) is 33.6 Å². The number of hydrogen-bond donors (Lipinski definition) is 1. The molecule has 14 heavy (non-hydrogen) atoms. The number of nitrogens with zero attached hydrogens (tertiary/aromatic N) is 1. The fourth-order valence-corrected chi connectivity index (χ4v) is 2.07. The topological polar surface area (TPSA) is 15.3 Å². The van der Waals surface area contributed by atoms with E-state index in [4.69, 9.17) is 0 Å². The van der Waals surface area contributed by atoms with E-state index in [1.807, 2.05) is 13.8 Å². The lowest BCUT2D eigenvalue weighted by Gasteiger charge is -2.30. The first-order valence-corrected chi connectivity index (χ1v) is 5.96. The highest BCUT2D eigenvalue weighted by Crippen LogP contribution is 2.15. The monoisotopic (exact) mass is 196 g/mol. The van der Waals surface area contributed by atoms with Crippen LogP contribution in [-0.2, 0) is 0 Å². The van der Waals surface area contributed by atoms with Gasteiger partial charge in [-0.2, -0.15) is 0 Å². The summed E-state index contributed by atoms with van der Waals surface area (Å²) in [7, 11) is 0. The van der Waals surface area contributed by atoms with Crippen LogP contribution in [0.25, 0.3) is 0 Å². The Morgan fingerprint density at radius 2 is 2.21 bits per heavy atom. The van der Waals surface area contributed by atoms with Crippen molar-refractivity contribution in [3.8, 4) is 0 Å². The van der Waals surface area contributed by atoms with Gasteiger partial charge in [0.2, 0.25) is 0 Å². The maximum absolute atomic E-state index is 3.42. The summed E-state index contributed by atoms with van der Waals surface area (Å²) >= 11 is 0. The molecule has 2 aliphatic heterocycles. The van der Waals surface area contributed by atoms with Gasteiger partial charge in [0.05, 0.1) is 0 Å².